The first-order valence-corrected chi connectivity index (χ1v) is 15.8. The Bertz CT molecular complexity index is 407. The molecule has 99 valence electrons. The average molecular weight is 293 g/mol. The third-order valence-corrected chi connectivity index (χ3v) is 15.8. The molecule has 0 aliphatic carbocycles. The molecule has 0 amide bonds. The SMILES string of the molecule is C[Si](C)c1ccc(N2[Si](C)(C)CC[Si]2(C)C)cc1. The molecule has 0 spiro atoms. The predicted molar refractivity (Wildman–Crippen MR) is 90.6 cm³/mol. The second-order valence-electron chi connectivity index (χ2n) is 7.01. The molecule has 0 saturated carbocycles. The Morgan fingerprint density at radius 1 is 0.889 bits per heavy atom. The van der Waals surface area contributed by atoms with Gasteiger partial charge >= 0.3 is 0 Å². The normalized spacial score (nSPS) is 21.6. The lowest BCUT2D eigenvalue weighted by atomic mass is 10.3. The van der Waals surface area contributed by atoms with Gasteiger partial charge in [0.05, 0.1) is 8.80 Å². The van der Waals surface area contributed by atoms with E-state index >= 15 is 0 Å². The van der Waals surface area contributed by atoms with E-state index < -0.39 is 16.5 Å². The van der Waals surface area contributed by atoms with Crippen LogP contribution in [0.15, 0.2) is 24.3 Å². The summed E-state index contributed by atoms with van der Waals surface area (Å²) >= 11 is 0. The van der Waals surface area contributed by atoms with Gasteiger partial charge in [-0.1, -0.05) is 56.6 Å². The van der Waals surface area contributed by atoms with E-state index in [1.54, 1.807) is 5.19 Å². The highest BCUT2D eigenvalue weighted by atomic mass is 28.4. The molecule has 4 heteroatoms. The van der Waals surface area contributed by atoms with E-state index in [-0.39, 0.29) is 8.80 Å². The van der Waals surface area contributed by atoms with Crippen LogP contribution in [0, 0.1) is 0 Å². The third kappa shape index (κ3) is 2.51. The zero-order valence-corrected chi connectivity index (χ0v) is 15.7. The molecule has 2 rings (SSSR count). The molecule has 0 atom stereocenters. The Labute approximate surface area is 116 Å². The average Bonchev–Trinajstić information content (AvgIpc) is 2.48. The van der Waals surface area contributed by atoms with Gasteiger partial charge in [-0.3, -0.25) is 0 Å². The summed E-state index contributed by atoms with van der Waals surface area (Å²) in [6.45, 7) is 14.9. The van der Waals surface area contributed by atoms with Crippen molar-refractivity contribution < 1.29 is 0 Å². The maximum absolute atomic E-state index is 2.89. The first-order valence-electron chi connectivity index (χ1n) is 6.95. The summed E-state index contributed by atoms with van der Waals surface area (Å²) < 4.78 is 2.89. The second kappa shape index (κ2) is 4.65. The Balaban J connectivity index is 2.35. The van der Waals surface area contributed by atoms with Crippen LogP contribution in [0.5, 0.6) is 0 Å². The van der Waals surface area contributed by atoms with Gasteiger partial charge in [-0.25, -0.2) is 0 Å². The van der Waals surface area contributed by atoms with Crippen LogP contribution in [-0.2, 0) is 0 Å². The Kier molecular flexibility index (Phi) is 3.64. The van der Waals surface area contributed by atoms with Gasteiger partial charge < -0.3 is 4.23 Å². The molecule has 0 bridgehead atoms. The molecule has 1 nitrogen and oxygen atoms in total. The van der Waals surface area contributed by atoms with Crippen molar-refractivity contribution in [3.63, 3.8) is 0 Å². The summed E-state index contributed by atoms with van der Waals surface area (Å²) in [4.78, 5) is 0. The number of anilines is 1. The molecule has 1 aromatic carbocycles. The fraction of sp³-hybridized carbons (Fsp3) is 0.571. The molecule has 1 saturated heterocycles. The number of nitrogens with zero attached hydrogens (tertiary/aromatic N) is 1. The highest BCUT2D eigenvalue weighted by Crippen LogP contribution is 2.40. The Morgan fingerprint density at radius 3 is 1.72 bits per heavy atom. The lowest BCUT2D eigenvalue weighted by molar-refractivity contribution is 1.35. The minimum atomic E-state index is -1.19. The number of rotatable bonds is 2. The smallest absolute Gasteiger partial charge is 0.141 e. The van der Waals surface area contributed by atoms with Crippen molar-refractivity contribution in [2.75, 3.05) is 4.23 Å². The monoisotopic (exact) mass is 292 g/mol. The van der Waals surface area contributed by atoms with Crippen LogP contribution in [0.25, 0.3) is 0 Å². The van der Waals surface area contributed by atoms with Gasteiger partial charge in [-0.2, -0.15) is 0 Å². The molecular formula is C14H26NSi3. The molecule has 1 fully saturated rings. The van der Waals surface area contributed by atoms with E-state index in [1.165, 1.54) is 17.8 Å². The third-order valence-electron chi connectivity index (χ3n) is 4.26. The second-order valence-corrected chi connectivity index (χ2v) is 19.2. The van der Waals surface area contributed by atoms with E-state index in [2.05, 4.69) is 67.8 Å². The minimum Gasteiger partial charge on any atom is -0.424 e. The Hall–Kier alpha value is -0.329. The van der Waals surface area contributed by atoms with Gasteiger partial charge in [0.1, 0.15) is 16.5 Å². The molecule has 0 N–H and O–H groups in total. The lowest BCUT2D eigenvalue weighted by Crippen LogP contribution is -2.55. The Morgan fingerprint density at radius 2 is 1.33 bits per heavy atom. The first kappa shape index (κ1) is 14.1. The van der Waals surface area contributed by atoms with E-state index in [9.17, 15) is 0 Å². The van der Waals surface area contributed by atoms with E-state index in [0.29, 0.717) is 0 Å². The summed E-state index contributed by atoms with van der Waals surface area (Å²) in [6, 6.07) is 12.5. The zero-order valence-electron chi connectivity index (χ0n) is 12.7. The standard InChI is InChI=1S/C14H26NSi3/c1-16(2)14-9-7-13(8-10-14)15-17(3,4)11-12-18(15,5)6/h7-10H,11-12H2,1-6H3. The van der Waals surface area contributed by atoms with Crippen molar-refractivity contribution in [2.45, 2.75) is 51.4 Å². The minimum absolute atomic E-state index is 0.304. The number of benzene rings is 1. The first-order chi connectivity index (χ1) is 8.24. The number of hydrogen-bond acceptors (Lipinski definition) is 1. The molecule has 1 aliphatic heterocycles. The van der Waals surface area contributed by atoms with E-state index in [4.69, 9.17) is 0 Å². The van der Waals surface area contributed by atoms with Crippen molar-refractivity contribution in [1.29, 1.82) is 0 Å². The fourth-order valence-corrected chi connectivity index (χ4v) is 18.4. The van der Waals surface area contributed by atoms with Crippen molar-refractivity contribution in [3.05, 3.63) is 24.3 Å². The van der Waals surface area contributed by atoms with Gasteiger partial charge in [0, 0.05) is 5.69 Å². The van der Waals surface area contributed by atoms with Crippen LogP contribution in [0.2, 0.25) is 51.4 Å². The van der Waals surface area contributed by atoms with Gasteiger partial charge in [0.2, 0.25) is 0 Å². The fourth-order valence-electron chi connectivity index (χ4n) is 3.30. The molecule has 0 aromatic heterocycles. The highest BCUT2D eigenvalue weighted by molar-refractivity contribution is 7.04. The topological polar surface area (TPSA) is 3.24 Å². The van der Waals surface area contributed by atoms with Crippen LogP contribution in [0.1, 0.15) is 0 Å². The van der Waals surface area contributed by atoms with Crippen LogP contribution < -0.4 is 9.42 Å². The largest absolute Gasteiger partial charge is 0.424 e. The van der Waals surface area contributed by atoms with Crippen molar-refractivity contribution in [3.8, 4) is 0 Å². The molecule has 18 heavy (non-hydrogen) atoms. The maximum Gasteiger partial charge on any atom is 0.141 e. The molecule has 1 radical (unpaired) electrons. The molecule has 1 aliphatic rings. The van der Waals surface area contributed by atoms with Gasteiger partial charge in [0.25, 0.3) is 0 Å². The summed E-state index contributed by atoms with van der Waals surface area (Å²) in [7, 11) is -2.68. The molecule has 1 heterocycles. The summed E-state index contributed by atoms with van der Waals surface area (Å²) in [5.74, 6) is 0. The quantitative estimate of drug-likeness (QED) is 0.748. The predicted octanol–water partition coefficient (Wildman–Crippen LogP) is 3.88. The summed E-state index contributed by atoms with van der Waals surface area (Å²) in [5.41, 5.74) is 1.51. The maximum atomic E-state index is 2.89. The van der Waals surface area contributed by atoms with E-state index in [1.807, 2.05) is 0 Å². The van der Waals surface area contributed by atoms with Gasteiger partial charge in [-0.15, -0.1) is 0 Å². The van der Waals surface area contributed by atoms with Gasteiger partial charge in [-0.05, 0) is 24.2 Å². The lowest BCUT2D eigenvalue weighted by Gasteiger charge is -2.41. The van der Waals surface area contributed by atoms with Crippen molar-refractivity contribution >= 4 is 36.1 Å². The van der Waals surface area contributed by atoms with Crippen molar-refractivity contribution in [1.82, 2.24) is 0 Å². The van der Waals surface area contributed by atoms with Crippen LogP contribution in [0.4, 0.5) is 5.69 Å². The summed E-state index contributed by atoms with van der Waals surface area (Å²) in [5, 5.41) is 1.56. The van der Waals surface area contributed by atoms with Crippen LogP contribution in [0.3, 0.4) is 0 Å². The van der Waals surface area contributed by atoms with E-state index in [0.717, 1.165) is 0 Å². The number of hydrogen-bond donors (Lipinski definition) is 0. The van der Waals surface area contributed by atoms with Crippen molar-refractivity contribution in [2.24, 2.45) is 0 Å². The zero-order chi connectivity index (χ0) is 13.6. The molecular weight excluding hydrogens is 266 g/mol. The van der Waals surface area contributed by atoms with Crippen LogP contribution >= 0.6 is 0 Å². The van der Waals surface area contributed by atoms with Crippen LogP contribution in [-0.4, -0.2) is 25.3 Å². The van der Waals surface area contributed by atoms with Gasteiger partial charge in [0.15, 0.2) is 0 Å². The molecule has 1 aromatic rings. The highest BCUT2D eigenvalue weighted by Gasteiger charge is 2.47. The summed E-state index contributed by atoms with van der Waals surface area (Å²) in [6.07, 6.45) is 0. The molecule has 0 unspecified atom stereocenters.